The Morgan fingerprint density at radius 1 is 1.37 bits per heavy atom. The van der Waals surface area contributed by atoms with Crippen LogP contribution in [0.15, 0.2) is 28.6 Å². The molecule has 2 heterocycles. The highest BCUT2D eigenvalue weighted by Gasteiger charge is 2.35. The van der Waals surface area contributed by atoms with Gasteiger partial charge in [-0.1, -0.05) is 23.1 Å². The first kappa shape index (κ1) is 19.2. The Kier molecular flexibility index (Phi) is 5.71. The van der Waals surface area contributed by atoms with Gasteiger partial charge in [0.25, 0.3) is 0 Å². The highest BCUT2D eigenvalue weighted by molar-refractivity contribution is 8.02. The number of hydrogen-bond donors (Lipinski definition) is 2. The summed E-state index contributed by atoms with van der Waals surface area (Å²) in [7, 11) is 0. The van der Waals surface area contributed by atoms with E-state index in [1.165, 1.54) is 36.1 Å². The fourth-order valence-electron chi connectivity index (χ4n) is 2.47. The van der Waals surface area contributed by atoms with Gasteiger partial charge in [0.05, 0.1) is 5.92 Å². The third kappa shape index (κ3) is 4.61. The van der Waals surface area contributed by atoms with Crippen molar-refractivity contribution in [3.05, 3.63) is 30.1 Å². The maximum absolute atomic E-state index is 13.0. The number of aromatic nitrogens is 2. The Morgan fingerprint density at radius 3 is 2.74 bits per heavy atom. The van der Waals surface area contributed by atoms with Crippen molar-refractivity contribution in [2.24, 2.45) is 5.92 Å². The Balaban J connectivity index is 1.60. The van der Waals surface area contributed by atoms with E-state index in [-0.39, 0.29) is 29.9 Å². The molecule has 0 unspecified atom stereocenters. The monoisotopic (exact) mass is 410 g/mol. The summed E-state index contributed by atoms with van der Waals surface area (Å²) in [4.78, 5) is 36.9. The zero-order valence-electron chi connectivity index (χ0n) is 14.1. The number of carbonyl (C=O) groups excluding carboxylic acids is 2. The van der Waals surface area contributed by atoms with Gasteiger partial charge in [0.2, 0.25) is 16.9 Å². The van der Waals surface area contributed by atoms with E-state index in [0.29, 0.717) is 10.0 Å². The summed E-state index contributed by atoms with van der Waals surface area (Å²) in [5.41, 5.74) is 0.536. The quantitative estimate of drug-likeness (QED) is 0.555. The highest BCUT2D eigenvalue weighted by Crippen LogP contribution is 2.30. The van der Waals surface area contributed by atoms with E-state index < -0.39 is 23.0 Å². The van der Waals surface area contributed by atoms with Crippen LogP contribution in [0.1, 0.15) is 13.3 Å². The zero-order valence-corrected chi connectivity index (χ0v) is 15.7. The molecule has 2 N–H and O–H groups in total. The summed E-state index contributed by atoms with van der Waals surface area (Å²) < 4.78 is 13.5. The Morgan fingerprint density at radius 2 is 2.07 bits per heavy atom. The molecule has 2 aromatic rings. The molecular formula is C16H15FN4O4S2. The Labute approximate surface area is 161 Å². The largest absolute Gasteiger partial charge is 0.480 e. The normalized spacial score (nSPS) is 17.8. The van der Waals surface area contributed by atoms with Gasteiger partial charge in [-0.3, -0.25) is 14.4 Å². The van der Waals surface area contributed by atoms with E-state index in [4.69, 9.17) is 5.11 Å². The van der Waals surface area contributed by atoms with Gasteiger partial charge in [0, 0.05) is 18.7 Å². The number of carboxylic acid groups (broad SMARTS) is 1. The third-order valence-corrected chi connectivity index (χ3v) is 5.91. The second kappa shape index (κ2) is 8.01. The van der Waals surface area contributed by atoms with Gasteiger partial charge in [-0.05, 0) is 31.2 Å². The molecule has 1 aliphatic rings. The molecule has 3 rings (SSSR count). The van der Waals surface area contributed by atoms with Gasteiger partial charge in [-0.15, -0.1) is 10.2 Å². The number of amides is 2. The number of rotatable bonds is 6. The molecule has 11 heteroatoms. The number of carbonyl (C=O) groups is 3. The standard InChI is InChI=1S/C16H15FN4O4S2/c1-8(14(24)25)26-16-20-19-15(27-16)18-13(23)9-6-12(22)21(7-9)11-4-2-10(17)3-5-11/h2-5,8-9H,6-7H2,1H3,(H,24,25)(H,18,19,23)/t8-,9-/m1/s1. The molecule has 0 radical (unpaired) electrons. The number of thioether (sulfide) groups is 1. The van der Waals surface area contributed by atoms with E-state index in [0.717, 1.165) is 23.1 Å². The SMILES string of the molecule is C[C@@H](Sc1nnc(NC(=O)[C@@H]2CC(=O)N(c3ccc(F)cc3)C2)s1)C(=O)O. The van der Waals surface area contributed by atoms with Crippen LogP contribution in [0.5, 0.6) is 0 Å². The summed E-state index contributed by atoms with van der Waals surface area (Å²) in [5.74, 6) is -2.52. The van der Waals surface area contributed by atoms with Crippen LogP contribution in [-0.4, -0.2) is 44.9 Å². The zero-order chi connectivity index (χ0) is 19.6. The molecule has 1 aromatic heterocycles. The molecule has 0 spiro atoms. The predicted octanol–water partition coefficient (Wildman–Crippen LogP) is 2.23. The minimum Gasteiger partial charge on any atom is -0.480 e. The number of nitrogens with zero attached hydrogens (tertiary/aromatic N) is 3. The van der Waals surface area contributed by atoms with E-state index in [1.807, 2.05) is 0 Å². The molecule has 1 aromatic carbocycles. The molecular weight excluding hydrogens is 395 g/mol. The van der Waals surface area contributed by atoms with E-state index >= 15 is 0 Å². The van der Waals surface area contributed by atoms with Crippen molar-refractivity contribution < 1.29 is 23.9 Å². The summed E-state index contributed by atoms with van der Waals surface area (Å²) in [6.45, 7) is 1.72. The van der Waals surface area contributed by atoms with E-state index in [2.05, 4.69) is 15.5 Å². The fraction of sp³-hybridized carbons (Fsp3) is 0.312. The first-order valence-electron chi connectivity index (χ1n) is 7.93. The lowest BCUT2D eigenvalue weighted by Crippen LogP contribution is -2.28. The molecule has 8 nitrogen and oxygen atoms in total. The molecule has 1 saturated heterocycles. The molecule has 2 amide bonds. The average Bonchev–Trinajstić information content (AvgIpc) is 3.22. The van der Waals surface area contributed by atoms with Crippen LogP contribution in [0.3, 0.4) is 0 Å². The minimum absolute atomic E-state index is 0.0413. The van der Waals surface area contributed by atoms with Crippen molar-refractivity contribution in [3.8, 4) is 0 Å². The lowest BCUT2D eigenvalue weighted by molar-refractivity contribution is -0.136. The third-order valence-electron chi connectivity index (χ3n) is 3.90. The highest BCUT2D eigenvalue weighted by atomic mass is 32.2. The van der Waals surface area contributed by atoms with Crippen molar-refractivity contribution in [1.29, 1.82) is 0 Å². The topological polar surface area (TPSA) is 112 Å². The van der Waals surface area contributed by atoms with Crippen molar-refractivity contribution in [2.45, 2.75) is 22.9 Å². The molecule has 2 atom stereocenters. The average molecular weight is 410 g/mol. The van der Waals surface area contributed by atoms with E-state index in [9.17, 15) is 18.8 Å². The number of benzene rings is 1. The number of carboxylic acids is 1. The number of hydrogen-bond acceptors (Lipinski definition) is 7. The number of nitrogens with one attached hydrogen (secondary N) is 1. The van der Waals surface area contributed by atoms with Gasteiger partial charge >= 0.3 is 5.97 Å². The van der Waals surface area contributed by atoms with Gasteiger partial charge in [0.1, 0.15) is 11.1 Å². The van der Waals surface area contributed by atoms with Crippen molar-refractivity contribution >= 4 is 51.7 Å². The molecule has 1 aliphatic heterocycles. The van der Waals surface area contributed by atoms with Crippen LogP contribution in [0.4, 0.5) is 15.2 Å². The van der Waals surface area contributed by atoms with Crippen LogP contribution >= 0.6 is 23.1 Å². The second-order valence-corrected chi connectivity index (χ2v) is 8.41. The molecule has 142 valence electrons. The van der Waals surface area contributed by atoms with Gasteiger partial charge in [-0.2, -0.15) is 0 Å². The van der Waals surface area contributed by atoms with Crippen molar-refractivity contribution in [3.63, 3.8) is 0 Å². The first-order valence-corrected chi connectivity index (χ1v) is 9.63. The smallest absolute Gasteiger partial charge is 0.316 e. The van der Waals surface area contributed by atoms with Crippen molar-refractivity contribution in [1.82, 2.24) is 10.2 Å². The second-order valence-electron chi connectivity index (χ2n) is 5.84. The number of halogens is 1. The first-order chi connectivity index (χ1) is 12.8. The predicted molar refractivity (Wildman–Crippen MR) is 98.4 cm³/mol. The minimum atomic E-state index is -0.967. The number of anilines is 2. The lowest BCUT2D eigenvalue weighted by Gasteiger charge is -2.16. The van der Waals surface area contributed by atoms with Gasteiger partial charge in [-0.25, -0.2) is 4.39 Å². The molecule has 0 saturated carbocycles. The lowest BCUT2D eigenvalue weighted by atomic mass is 10.1. The van der Waals surface area contributed by atoms with Gasteiger partial charge < -0.3 is 15.3 Å². The van der Waals surface area contributed by atoms with Crippen LogP contribution in [0.25, 0.3) is 0 Å². The van der Waals surface area contributed by atoms with Crippen LogP contribution in [0, 0.1) is 11.7 Å². The molecule has 1 fully saturated rings. The number of aliphatic carboxylic acids is 1. The maximum atomic E-state index is 13.0. The van der Waals surface area contributed by atoms with Crippen LogP contribution in [0.2, 0.25) is 0 Å². The summed E-state index contributed by atoms with van der Waals surface area (Å²) >= 11 is 2.10. The summed E-state index contributed by atoms with van der Waals surface area (Å²) in [6.07, 6.45) is 0.0413. The fourth-order valence-corrected chi connectivity index (χ4v) is 4.30. The molecule has 0 aliphatic carbocycles. The van der Waals surface area contributed by atoms with Crippen molar-refractivity contribution in [2.75, 3.05) is 16.8 Å². The summed E-state index contributed by atoms with van der Waals surface area (Å²) in [5, 5.41) is 18.8. The van der Waals surface area contributed by atoms with E-state index in [1.54, 1.807) is 0 Å². The van der Waals surface area contributed by atoms with Crippen LogP contribution < -0.4 is 10.2 Å². The molecule has 27 heavy (non-hydrogen) atoms. The maximum Gasteiger partial charge on any atom is 0.316 e. The van der Waals surface area contributed by atoms with Gasteiger partial charge in [0.15, 0.2) is 4.34 Å². The van der Waals surface area contributed by atoms with Crippen LogP contribution in [-0.2, 0) is 14.4 Å². The summed E-state index contributed by atoms with van der Waals surface area (Å²) in [6, 6.07) is 5.50. The Hall–Kier alpha value is -2.53. The Bertz CT molecular complexity index is 874. The molecule has 0 bridgehead atoms.